The zero-order valence-corrected chi connectivity index (χ0v) is 13.3. The normalized spacial score (nSPS) is 11.2. The highest BCUT2D eigenvalue weighted by Crippen LogP contribution is 2.29. The molecular weight excluding hydrogens is 363 g/mol. The second kappa shape index (κ2) is 5.90. The Balaban J connectivity index is 2.37. The second-order valence-corrected chi connectivity index (χ2v) is 6.71. The molecule has 0 fully saturated rings. The van der Waals surface area contributed by atoms with Crippen molar-refractivity contribution in [1.29, 1.82) is 0 Å². The van der Waals surface area contributed by atoms with E-state index >= 15 is 0 Å². The lowest BCUT2D eigenvalue weighted by Gasteiger charge is -2.11. The lowest BCUT2D eigenvalue weighted by molar-refractivity contribution is 0.412. The number of ether oxygens (including phenoxy) is 1. The highest BCUT2D eigenvalue weighted by Gasteiger charge is 2.16. The molecule has 0 aliphatic rings. The van der Waals surface area contributed by atoms with Crippen LogP contribution in [0.2, 0.25) is 0 Å². The molecule has 0 aromatic heterocycles. The highest BCUT2D eigenvalue weighted by atomic mass is 79.9. The van der Waals surface area contributed by atoms with Crippen LogP contribution in [0.25, 0.3) is 0 Å². The molecule has 0 heterocycles. The molecule has 0 aliphatic carbocycles. The summed E-state index contributed by atoms with van der Waals surface area (Å²) in [4.78, 5) is -0.248. The number of hydrogen-bond donors (Lipinski definition) is 2. The van der Waals surface area contributed by atoms with Crippen molar-refractivity contribution in [1.82, 2.24) is 0 Å². The highest BCUT2D eigenvalue weighted by molar-refractivity contribution is 9.10. The van der Waals surface area contributed by atoms with Gasteiger partial charge in [0.05, 0.1) is 22.2 Å². The first kappa shape index (κ1) is 15.6. The summed E-state index contributed by atoms with van der Waals surface area (Å²) >= 11 is 3.27. The number of halogens is 2. The molecule has 0 unspecified atom stereocenters. The molecule has 5 nitrogen and oxygen atoms in total. The number of sulfonamides is 1. The predicted octanol–water partition coefficient (Wildman–Crippen LogP) is 2.98. The van der Waals surface area contributed by atoms with Crippen LogP contribution >= 0.6 is 15.9 Å². The maximum Gasteiger partial charge on any atom is 0.262 e. The Morgan fingerprint density at radius 1 is 1.24 bits per heavy atom. The van der Waals surface area contributed by atoms with E-state index in [9.17, 15) is 12.8 Å². The van der Waals surface area contributed by atoms with Crippen LogP contribution in [0.15, 0.2) is 45.8 Å². The maximum atomic E-state index is 13.3. The van der Waals surface area contributed by atoms with Crippen molar-refractivity contribution in [2.45, 2.75) is 4.90 Å². The van der Waals surface area contributed by atoms with Crippen LogP contribution in [0, 0.1) is 5.82 Å². The molecule has 3 N–H and O–H groups in total. The number of nitrogens with one attached hydrogen (secondary N) is 1. The average molecular weight is 375 g/mol. The number of nitrogens with two attached hydrogens (primary N) is 1. The second-order valence-electron chi connectivity index (χ2n) is 4.18. The molecule has 0 aliphatic heterocycles. The maximum absolute atomic E-state index is 13.3. The fourth-order valence-electron chi connectivity index (χ4n) is 1.68. The minimum Gasteiger partial charge on any atom is -0.495 e. The van der Waals surface area contributed by atoms with Crippen LogP contribution in [-0.2, 0) is 10.0 Å². The molecule has 0 radical (unpaired) electrons. The number of nitrogen functional groups attached to an aromatic ring is 1. The van der Waals surface area contributed by atoms with E-state index in [0.29, 0.717) is 10.2 Å². The molecule has 0 amide bonds. The number of rotatable bonds is 4. The van der Waals surface area contributed by atoms with Gasteiger partial charge in [0.1, 0.15) is 11.6 Å². The van der Waals surface area contributed by atoms with Gasteiger partial charge in [0.15, 0.2) is 0 Å². The van der Waals surface area contributed by atoms with Gasteiger partial charge in [0, 0.05) is 11.8 Å². The number of anilines is 2. The fraction of sp³-hybridized carbons (Fsp3) is 0.0769. The third-order valence-corrected chi connectivity index (χ3v) is 4.62. The van der Waals surface area contributed by atoms with E-state index in [0.717, 1.165) is 12.1 Å². The minimum absolute atomic E-state index is 0.0313. The van der Waals surface area contributed by atoms with Crippen LogP contribution in [0.1, 0.15) is 0 Å². The SMILES string of the molecule is COc1cc(NS(=O)(=O)c2cc(N)cc(F)c2)ccc1Br. The van der Waals surface area contributed by atoms with Gasteiger partial charge < -0.3 is 10.5 Å². The van der Waals surface area contributed by atoms with Gasteiger partial charge in [-0.15, -0.1) is 0 Å². The molecule has 21 heavy (non-hydrogen) atoms. The van der Waals surface area contributed by atoms with Gasteiger partial charge in [-0.3, -0.25) is 4.72 Å². The Morgan fingerprint density at radius 3 is 2.57 bits per heavy atom. The summed E-state index contributed by atoms with van der Waals surface area (Å²) < 4.78 is 45.8. The Labute approximate surface area is 130 Å². The Kier molecular flexibility index (Phi) is 4.38. The average Bonchev–Trinajstić information content (AvgIpc) is 2.39. The predicted molar refractivity (Wildman–Crippen MR) is 82.3 cm³/mol. The van der Waals surface area contributed by atoms with Crippen molar-refractivity contribution in [3.63, 3.8) is 0 Å². The van der Waals surface area contributed by atoms with Gasteiger partial charge in [-0.2, -0.15) is 0 Å². The van der Waals surface area contributed by atoms with Crippen LogP contribution in [0.3, 0.4) is 0 Å². The first-order valence-corrected chi connectivity index (χ1v) is 8.02. The van der Waals surface area contributed by atoms with Gasteiger partial charge in [-0.25, -0.2) is 12.8 Å². The summed E-state index contributed by atoms with van der Waals surface area (Å²) in [5, 5.41) is 0. The summed E-state index contributed by atoms with van der Waals surface area (Å²) in [5.41, 5.74) is 5.78. The van der Waals surface area contributed by atoms with Crippen LogP contribution in [-0.4, -0.2) is 15.5 Å². The third kappa shape index (κ3) is 3.64. The van der Waals surface area contributed by atoms with E-state index in [4.69, 9.17) is 10.5 Å². The number of methoxy groups -OCH3 is 1. The van der Waals surface area contributed by atoms with Gasteiger partial charge in [0.2, 0.25) is 0 Å². The van der Waals surface area contributed by atoms with E-state index in [1.807, 2.05) is 0 Å². The Hall–Kier alpha value is -1.80. The molecule has 0 bridgehead atoms. The van der Waals surface area contributed by atoms with Crippen LogP contribution in [0.5, 0.6) is 5.75 Å². The molecule has 2 aromatic rings. The Morgan fingerprint density at radius 2 is 1.95 bits per heavy atom. The summed E-state index contributed by atoms with van der Waals surface area (Å²) in [6.07, 6.45) is 0. The largest absolute Gasteiger partial charge is 0.495 e. The lowest BCUT2D eigenvalue weighted by Crippen LogP contribution is -2.13. The molecular formula is C13H12BrFN2O3S. The topological polar surface area (TPSA) is 81.4 Å². The van der Waals surface area contributed by atoms with Crippen molar-refractivity contribution in [3.05, 3.63) is 46.7 Å². The van der Waals surface area contributed by atoms with Crippen molar-refractivity contribution >= 4 is 37.3 Å². The zero-order chi connectivity index (χ0) is 15.6. The van der Waals surface area contributed by atoms with Crippen molar-refractivity contribution in [2.24, 2.45) is 0 Å². The molecule has 2 rings (SSSR count). The first-order valence-electron chi connectivity index (χ1n) is 5.74. The lowest BCUT2D eigenvalue weighted by atomic mass is 10.3. The van der Waals surface area contributed by atoms with Crippen LogP contribution in [0.4, 0.5) is 15.8 Å². The van der Waals surface area contributed by atoms with Gasteiger partial charge in [0.25, 0.3) is 10.0 Å². The summed E-state index contributed by atoms with van der Waals surface area (Å²) in [6.45, 7) is 0. The van der Waals surface area contributed by atoms with E-state index < -0.39 is 15.8 Å². The van der Waals surface area contributed by atoms with Crippen molar-refractivity contribution in [2.75, 3.05) is 17.6 Å². The third-order valence-electron chi connectivity index (χ3n) is 2.61. The zero-order valence-electron chi connectivity index (χ0n) is 10.9. The van der Waals surface area contributed by atoms with Gasteiger partial charge in [-0.1, -0.05) is 0 Å². The molecule has 0 saturated heterocycles. The quantitative estimate of drug-likeness (QED) is 0.806. The standard InChI is InChI=1S/C13H12BrFN2O3S/c1-20-13-7-10(2-3-12(13)14)17-21(18,19)11-5-8(15)4-9(16)6-11/h2-7,17H,16H2,1H3. The fourth-order valence-corrected chi connectivity index (χ4v) is 3.20. The minimum atomic E-state index is -3.94. The van der Waals surface area contributed by atoms with E-state index in [1.54, 1.807) is 12.1 Å². The van der Waals surface area contributed by atoms with E-state index in [-0.39, 0.29) is 16.3 Å². The summed E-state index contributed by atoms with van der Waals surface area (Å²) in [7, 11) is -2.47. The van der Waals surface area contributed by atoms with Crippen molar-refractivity contribution < 1.29 is 17.5 Å². The number of benzene rings is 2. The Bertz CT molecular complexity index is 761. The summed E-state index contributed by atoms with van der Waals surface area (Å²) in [6, 6.07) is 7.81. The molecule has 0 spiro atoms. The molecule has 2 aromatic carbocycles. The number of hydrogen-bond acceptors (Lipinski definition) is 4. The van der Waals surface area contributed by atoms with Gasteiger partial charge >= 0.3 is 0 Å². The molecule has 0 saturated carbocycles. The van der Waals surface area contributed by atoms with Crippen molar-refractivity contribution in [3.8, 4) is 5.75 Å². The first-order chi connectivity index (χ1) is 9.81. The van der Waals surface area contributed by atoms with E-state index in [2.05, 4.69) is 20.7 Å². The van der Waals surface area contributed by atoms with Gasteiger partial charge in [-0.05, 0) is 46.3 Å². The molecule has 0 atom stereocenters. The molecule has 112 valence electrons. The summed E-state index contributed by atoms with van der Waals surface area (Å²) in [5.74, 6) is -0.252. The van der Waals surface area contributed by atoms with E-state index in [1.165, 1.54) is 19.2 Å². The molecule has 8 heteroatoms. The van der Waals surface area contributed by atoms with Crippen LogP contribution < -0.4 is 15.2 Å². The smallest absolute Gasteiger partial charge is 0.262 e. The monoisotopic (exact) mass is 374 g/mol.